The lowest BCUT2D eigenvalue weighted by Crippen LogP contribution is -2.24. The van der Waals surface area contributed by atoms with E-state index in [2.05, 4.69) is 15.9 Å². The van der Waals surface area contributed by atoms with Gasteiger partial charge in [0, 0.05) is 10.9 Å². The molecule has 1 heterocycles. The number of carboxylic acids is 1. The van der Waals surface area contributed by atoms with E-state index in [0.29, 0.717) is 16.5 Å². The molecule has 0 radical (unpaired) electrons. The lowest BCUT2D eigenvalue weighted by atomic mass is 9.96. The molecule has 19 heavy (non-hydrogen) atoms. The number of benzene rings is 1. The summed E-state index contributed by atoms with van der Waals surface area (Å²) in [6, 6.07) is 4.79. The summed E-state index contributed by atoms with van der Waals surface area (Å²) in [6.45, 7) is 5.35. The summed E-state index contributed by atoms with van der Waals surface area (Å²) in [5, 5.41) is 9.51. The molecule has 2 rings (SSSR count). The molecule has 100 valence electrons. The van der Waals surface area contributed by atoms with Crippen LogP contribution in [0.5, 0.6) is 0 Å². The highest BCUT2D eigenvalue weighted by molar-refractivity contribution is 9.10. The number of hydrogen-bond acceptors (Lipinski definition) is 3. The molecule has 0 aliphatic carbocycles. The number of alkyl halides is 1. The number of carbonyl (C=O) groups excluding carboxylic acids is 1. The average Bonchev–Trinajstić information content (AvgIpc) is 2.68. The van der Waals surface area contributed by atoms with Crippen molar-refractivity contribution in [2.45, 2.75) is 25.1 Å². The molecule has 0 unspecified atom stereocenters. The van der Waals surface area contributed by atoms with Crippen molar-refractivity contribution in [3.8, 4) is 0 Å². The molecule has 1 N–H and O–H groups in total. The summed E-state index contributed by atoms with van der Waals surface area (Å²) in [5.41, 5.74) is 1.79. The highest BCUT2D eigenvalue weighted by Crippen LogP contribution is 2.28. The number of aryl methyl sites for hydroxylation is 1. The first kappa shape index (κ1) is 13.8. The second kappa shape index (κ2) is 4.49. The van der Waals surface area contributed by atoms with Crippen LogP contribution in [0.2, 0.25) is 0 Å². The van der Waals surface area contributed by atoms with E-state index in [-0.39, 0.29) is 11.5 Å². The summed E-state index contributed by atoms with van der Waals surface area (Å²) < 4.78 is 4.55. The maximum atomic E-state index is 12.3. The van der Waals surface area contributed by atoms with E-state index in [1.807, 2.05) is 0 Å². The van der Waals surface area contributed by atoms with Crippen LogP contribution in [0.1, 0.15) is 40.3 Å². The van der Waals surface area contributed by atoms with Crippen molar-refractivity contribution >= 4 is 38.7 Å². The van der Waals surface area contributed by atoms with E-state index < -0.39 is 10.3 Å². The van der Waals surface area contributed by atoms with Crippen LogP contribution in [-0.2, 0) is 0 Å². The summed E-state index contributed by atoms with van der Waals surface area (Å²) in [6.07, 6.45) is 0. The molecule has 1 aromatic carbocycles. The normalized spacial score (nSPS) is 11.8. The van der Waals surface area contributed by atoms with Gasteiger partial charge in [-0.15, -0.1) is 0 Å². The number of carboxylic acid groups (broad SMARTS) is 1. The number of carbonyl (C=O) groups is 2. The standard InChI is InChI=1S/C14H13BrO4/c1-7-4-10-8(6-11(19-10)13(17)18)5-9(7)12(16)14(2,3)15/h4-6H,1-3H3,(H,17,18). The van der Waals surface area contributed by atoms with Crippen molar-refractivity contribution in [1.29, 1.82) is 0 Å². The number of halogens is 1. The lowest BCUT2D eigenvalue weighted by Gasteiger charge is -2.16. The molecule has 0 fully saturated rings. The first-order chi connectivity index (χ1) is 8.70. The first-order valence-electron chi connectivity index (χ1n) is 5.71. The van der Waals surface area contributed by atoms with Crippen LogP contribution in [0.15, 0.2) is 22.6 Å². The van der Waals surface area contributed by atoms with Crippen molar-refractivity contribution in [1.82, 2.24) is 0 Å². The van der Waals surface area contributed by atoms with E-state index in [1.165, 1.54) is 6.07 Å². The third-order valence-electron chi connectivity index (χ3n) is 2.86. The fourth-order valence-corrected chi connectivity index (χ4v) is 2.07. The van der Waals surface area contributed by atoms with Gasteiger partial charge in [-0.3, -0.25) is 4.79 Å². The third kappa shape index (κ3) is 2.56. The van der Waals surface area contributed by atoms with Gasteiger partial charge in [-0.05, 0) is 44.5 Å². The van der Waals surface area contributed by atoms with E-state index in [1.54, 1.807) is 32.9 Å². The predicted octanol–water partition coefficient (Wildman–Crippen LogP) is 3.80. The Morgan fingerprint density at radius 1 is 1.26 bits per heavy atom. The molecule has 0 saturated carbocycles. The number of rotatable bonds is 3. The number of Topliss-reactive ketones (excluding diaryl/α,β-unsaturated/α-hetero) is 1. The maximum absolute atomic E-state index is 12.3. The Hall–Kier alpha value is -1.62. The molecule has 0 saturated heterocycles. The van der Waals surface area contributed by atoms with Gasteiger partial charge in [-0.25, -0.2) is 4.79 Å². The molecule has 0 atom stereocenters. The van der Waals surface area contributed by atoms with E-state index in [4.69, 9.17) is 9.52 Å². The van der Waals surface area contributed by atoms with Crippen molar-refractivity contribution in [2.24, 2.45) is 0 Å². The van der Waals surface area contributed by atoms with E-state index in [9.17, 15) is 9.59 Å². The predicted molar refractivity (Wildman–Crippen MR) is 75.2 cm³/mol. The number of furan rings is 1. The molecule has 0 aliphatic heterocycles. The van der Waals surface area contributed by atoms with Crippen molar-refractivity contribution in [3.05, 3.63) is 35.1 Å². The zero-order valence-corrected chi connectivity index (χ0v) is 12.4. The molecule has 0 aliphatic rings. The first-order valence-corrected chi connectivity index (χ1v) is 6.50. The van der Waals surface area contributed by atoms with Crippen LogP contribution in [0.25, 0.3) is 11.0 Å². The van der Waals surface area contributed by atoms with Crippen LogP contribution in [0.3, 0.4) is 0 Å². The van der Waals surface area contributed by atoms with Gasteiger partial charge in [0.25, 0.3) is 0 Å². The summed E-state index contributed by atoms with van der Waals surface area (Å²) in [7, 11) is 0. The number of ketones is 1. The molecule has 0 bridgehead atoms. The van der Waals surface area contributed by atoms with Gasteiger partial charge in [0.05, 0.1) is 4.32 Å². The molecule has 5 heteroatoms. The highest BCUT2D eigenvalue weighted by atomic mass is 79.9. The Morgan fingerprint density at radius 2 is 1.89 bits per heavy atom. The fraction of sp³-hybridized carbons (Fsp3) is 0.286. The summed E-state index contributed by atoms with van der Waals surface area (Å²) in [5.74, 6) is -1.30. The smallest absolute Gasteiger partial charge is 0.371 e. The summed E-state index contributed by atoms with van der Waals surface area (Å²) >= 11 is 3.34. The van der Waals surface area contributed by atoms with Gasteiger partial charge < -0.3 is 9.52 Å². The van der Waals surface area contributed by atoms with Gasteiger partial charge in [0.15, 0.2) is 5.78 Å². The lowest BCUT2D eigenvalue weighted by molar-refractivity contribution is 0.0664. The van der Waals surface area contributed by atoms with Gasteiger partial charge in [0.2, 0.25) is 5.76 Å². The van der Waals surface area contributed by atoms with Gasteiger partial charge in [-0.2, -0.15) is 0 Å². The van der Waals surface area contributed by atoms with Crippen LogP contribution in [-0.4, -0.2) is 21.2 Å². The minimum absolute atomic E-state index is 0.0509. The second-order valence-electron chi connectivity index (χ2n) is 4.92. The van der Waals surface area contributed by atoms with Crippen LogP contribution < -0.4 is 0 Å². The zero-order chi connectivity index (χ0) is 14.4. The Kier molecular flexibility index (Phi) is 3.26. The molecule has 4 nitrogen and oxygen atoms in total. The number of aromatic carboxylic acids is 1. The highest BCUT2D eigenvalue weighted by Gasteiger charge is 2.27. The Bertz CT molecular complexity index is 677. The average molecular weight is 325 g/mol. The van der Waals surface area contributed by atoms with Crippen LogP contribution in [0, 0.1) is 6.92 Å². The number of hydrogen-bond donors (Lipinski definition) is 1. The second-order valence-corrected chi connectivity index (χ2v) is 6.90. The topological polar surface area (TPSA) is 67.5 Å². The monoisotopic (exact) mass is 324 g/mol. The zero-order valence-electron chi connectivity index (χ0n) is 10.8. The minimum atomic E-state index is -1.12. The fourth-order valence-electron chi connectivity index (χ4n) is 1.86. The van der Waals surface area contributed by atoms with Gasteiger partial charge in [0.1, 0.15) is 5.58 Å². The molecular weight excluding hydrogens is 312 g/mol. The van der Waals surface area contributed by atoms with Crippen LogP contribution >= 0.6 is 15.9 Å². The van der Waals surface area contributed by atoms with Crippen LogP contribution in [0.4, 0.5) is 0 Å². The SMILES string of the molecule is Cc1cc2oc(C(=O)O)cc2cc1C(=O)C(C)(C)Br. The number of fused-ring (bicyclic) bond motifs is 1. The molecular formula is C14H13BrO4. The van der Waals surface area contributed by atoms with Gasteiger partial charge >= 0.3 is 5.97 Å². The van der Waals surface area contributed by atoms with E-state index >= 15 is 0 Å². The molecule has 0 spiro atoms. The van der Waals surface area contributed by atoms with E-state index in [0.717, 1.165) is 5.56 Å². The maximum Gasteiger partial charge on any atom is 0.371 e. The largest absolute Gasteiger partial charge is 0.475 e. The minimum Gasteiger partial charge on any atom is -0.475 e. The molecule has 0 amide bonds. The van der Waals surface area contributed by atoms with Gasteiger partial charge in [-0.1, -0.05) is 15.9 Å². The molecule has 1 aromatic heterocycles. The molecule has 2 aromatic rings. The Labute approximate surface area is 118 Å². The Balaban J connectivity index is 2.61. The van der Waals surface area contributed by atoms with Crippen molar-refractivity contribution in [2.75, 3.05) is 0 Å². The summed E-state index contributed by atoms with van der Waals surface area (Å²) in [4.78, 5) is 23.1. The van der Waals surface area contributed by atoms with Crippen molar-refractivity contribution < 1.29 is 19.1 Å². The van der Waals surface area contributed by atoms with Crippen molar-refractivity contribution in [3.63, 3.8) is 0 Å². The third-order valence-corrected chi connectivity index (χ3v) is 3.22. The Morgan fingerprint density at radius 3 is 2.42 bits per heavy atom. The quantitative estimate of drug-likeness (QED) is 0.688.